The fraction of sp³-hybridized carbons (Fsp3) is 0.250. The van der Waals surface area contributed by atoms with Crippen molar-refractivity contribution in [3.8, 4) is 0 Å². The van der Waals surface area contributed by atoms with Crippen LogP contribution in [0.2, 0.25) is 0 Å². The average Bonchev–Trinajstić information content (AvgIpc) is 2.86. The van der Waals surface area contributed by atoms with E-state index in [1.165, 1.54) is 0 Å². The second-order valence-corrected chi connectivity index (χ2v) is 4.39. The van der Waals surface area contributed by atoms with Crippen LogP contribution in [0.25, 0.3) is 0 Å². The van der Waals surface area contributed by atoms with Gasteiger partial charge in [0.25, 0.3) is 5.97 Å². The lowest BCUT2D eigenvalue weighted by Crippen LogP contribution is -2.06. The van der Waals surface area contributed by atoms with Crippen LogP contribution in [0.3, 0.4) is 0 Å². The quantitative estimate of drug-likeness (QED) is 0.844. The van der Waals surface area contributed by atoms with E-state index < -0.39 is 5.97 Å². The largest absolute Gasteiger partial charge is 0.481 e. The van der Waals surface area contributed by atoms with Gasteiger partial charge in [0.2, 0.25) is 5.78 Å². The lowest BCUT2D eigenvalue weighted by Gasteiger charge is -2.04. The highest BCUT2D eigenvalue weighted by Gasteiger charge is 2.15. The van der Waals surface area contributed by atoms with Crippen LogP contribution in [0, 0.1) is 6.92 Å². The molecule has 0 aliphatic rings. The summed E-state index contributed by atoms with van der Waals surface area (Å²) in [6.07, 6.45) is 2.70. The average molecular weight is 273 g/mol. The maximum Gasteiger partial charge on any atom is 0.300 e. The third-order valence-corrected chi connectivity index (χ3v) is 2.83. The summed E-state index contributed by atoms with van der Waals surface area (Å²) in [5.41, 5.74) is 3.59. The third-order valence-electron chi connectivity index (χ3n) is 2.83. The first kappa shape index (κ1) is 15.7. The van der Waals surface area contributed by atoms with Crippen LogP contribution in [-0.4, -0.2) is 21.8 Å². The number of aliphatic carboxylic acids is 1. The topological polar surface area (TPSA) is 70.2 Å². The van der Waals surface area contributed by atoms with Gasteiger partial charge in [-0.1, -0.05) is 31.2 Å². The summed E-state index contributed by atoms with van der Waals surface area (Å²) < 4.78 is 0. The zero-order valence-corrected chi connectivity index (χ0v) is 11.9. The van der Waals surface area contributed by atoms with Crippen LogP contribution in [0.5, 0.6) is 0 Å². The Labute approximate surface area is 118 Å². The number of aryl methyl sites for hydroxylation is 2. The number of carbonyl (C=O) groups is 2. The molecule has 0 radical (unpaired) electrons. The third kappa shape index (κ3) is 4.09. The van der Waals surface area contributed by atoms with E-state index in [0.717, 1.165) is 35.7 Å². The van der Waals surface area contributed by atoms with Crippen LogP contribution < -0.4 is 0 Å². The zero-order chi connectivity index (χ0) is 15.1. The number of ketones is 1. The first-order chi connectivity index (χ1) is 9.47. The Bertz CT molecular complexity index is 595. The highest BCUT2D eigenvalue weighted by Crippen LogP contribution is 2.16. The van der Waals surface area contributed by atoms with Gasteiger partial charge in [-0.25, -0.2) is 0 Å². The Balaban J connectivity index is 0.000000444. The van der Waals surface area contributed by atoms with Gasteiger partial charge in [0.1, 0.15) is 0 Å². The molecule has 4 heteroatoms. The molecule has 0 unspecified atom stereocenters. The summed E-state index contributed by atoms with van der Waals surface area (Å²) in [6, 6.07) is 9.64. The number of aromatic amines is 1. The number of H-pyrrole nitrogens is 1. The minimum Gasteiger partial charge on any atom is -0.481 e. The number of hydrogen-bond donors (Lipinski definition) is 2. The van der Waals surface area contributed by atoms with Crippen LogP contribution in [0.15, 0.2) is 36.5 Å². The van der Waals surface area contributed by atoms with Crippen molar-refractivity contribution in [3.05, 3.63) is 58.9 Å². The summed E-state index contributed by atoms with van der Waals surface area (Å²) in [5.74, 6) is -0.750. The van der Waals surface area contributed by atoms with Gasteiger partial charge in [-0.3, -0.25) is 9.59 Å². The van der Waals surface area contributed by atoms with Gasteiger partial charge in [0.05, 0.1) is 5.69 Å². The molecular weight excluding hydrogens is 254 g/mol. The van der Waals surface area contributed by atoms with E-state index in [4.69, 9.17) is 9.90 Å². The van der Waals surface area contributed by atoms with E-state index in [-0.39, 0.29) is 5.78 Å². The first-order valence-electron chi connectivity index (χ1n) is 6.43. The SMILES string of the molecule is CC(=O)O.CCc1cc[nH]c1C(=O)c1ccccc1C. The Morgan fingerprint density at radius 2 is 1.80 bits per heavy atom. The maximum atomic E-state index is 12.3. The molecule has 20 heavy (non-hydrogen) atoms. The van der Waals surface area contributed by atoms with E-state index in [1.807, 2.05) is 43.5 Å². The van der Waals surface area contributed by atoms with Gasteiger partial charge in [-0.05, 0) is 30.5 Å². The predicted octanol–water partition coefficient (Wildman–Crippen LogP) is 3.21. The number of aromatic nitrogens is 1. The molecule has 0 spiro atoms. The summed E-state index contributed by atoms with van der Waals surface area (Å²) in [6.45, 7) is 5.10. The fourth-order valence-electron chi connectivity index (χ4n) is 1.87. The van der Waals surface area contributed by atoms with Crippen molar-refractivity contribution in [1.82, 2.24) is 4.98 Å². The Hall–Kier alpha value is -2.36. The van der Waals surface area contributed by atoms with E-state index in [9.17, 15) is 4.79 Å². The number of nitrogens with one attached hydrogen (secondary N) is 1. The predicted molar refractivity (Wildman–Crippen MR) is 78.1 cm³/mol. The monoisotopic (exact) mass is 273 g/mol. The number of hydrogen-bond acceptors (Lipinski definition) is 2. The summed E-state index contributed by atoms with van der Waals surface area (Å²) >= 11 is 0. The standard InChI is InChI=1S/C14H15NO.C2H4O2/c1-3-11-8-9-15-13(11)14(16)12-7-5-4-6-10(12)2;1-2(3)4/h4-9,15H,3H2,1-2H3;1H3,(H,3,4). The lowest BCUT2D eigenvalue weighted by atomic mass is 10.0. The second kappa shape index (κ2) is 7.28. The van der Waals surface area contributed by atoms with Crippen LogP contribution in [0.4, 0.5) is 0 Å². The van der Waals surface area contributed by atoms with E-state index in [0.29, 0.717) is 0 Å². The van der Waals surface area contributed by atoms with Crippen LogP contribution in [0.1, 0.15) is 41.0 Å². The normalized spacial score (nSPS) is 9.55. The molecule has 106 valence electrons. The van der Waals surface area contributed by atoms with Gasteiger partial charge in [0, 0.05) is 18.7 Å². The Kier molecular flexibility index (Phi) is 5.72. The number of carbonyl (C=O) groups excluding carboxylic acids is 1. The molecule has 0 fully saturated rings. The molecule has 0 aliphatic carbocycles. The highest BCUT2D eigenvalue weighted by atomic mass is 16.4. The summed E-state index contributed by atoms with van der Waals surface area (Å²) in [5, 5.41) is 7.42. The number of rotatable bonds is 3. The van der Waals surface area contributed by atoms with Crippen LogP contribution >= 0.6 is 0 Å². The molecule has 2 aromatic rings. The zero-order valence-electron chi connectivity index (χ0n) is 11.9. The maximum absolute atomic E-state index is 12.3. The fourth-order valence-corrected chi connectivity index (χ4v) is 1.87. The van der Waals surface area contributed by atoms with Crippen LogP contribution in [-0.2, 0) is 11.2 Å². The Morgan fingerprint density at radius 1 is 1.20 bits per heavy atom. The molecule has 0 bridgehead atoms. The van der Waals surface area contributed by atoms with Gasteiger partial charge < -0.3 is 10.1 Å². The minimum absolute atomic E-state index is 0.0833. The molecule has 1 aromatic carbocycles. The molecule has 0 amide bonds. The van der Waals surface area contributed by atoms with Gasteiger partial charge in [-0.2, -0.15) is 0 Å². The minimum atomic E-state index is -0.833. The lowest BCUT2D eigenvalue weighted by molar-refractivity contribution is -0.134. The molecule has 4 nitrogen and oxygen atoms in total. The van der Waals surface area contributed by atoms with Gasteiger partial charge in [-0.15, -0.1) is 0 Å². The molecule has 0 saturated heterocycles. The molecule has 2 rings (SSSR count). The Morgan fingerprint density at radius 3 is 2.35 bits per heavy atom. The summed E-state index contributed by atoms with van der Waals surface area (Å²) in [7, 11) is 0. The van der Waals surface area contributed by atoms with Crippen molar-refractivity contribution >= 4 is 11.8 Å². The number of benzene rings is 1. The molecule has 2 N–H and O–H groups in total. The molecule has 0 aliphatic heterocycles. The van der Waals surface area contributed by atoms with E-state index in [2.05, 4.69) is 11.9 Å². The molecule has 0 saturated carbocycles. The van der Waals surface area contributed by atoms with Crippen molar-refractivity contribution in [3.63, 3.8) is 0 Å². The van der Waals surface area contributed by atoms with E-state index in [1.54, 1.807) is 0 Å². The molecule has 1 aromatic heterocycles. The van der Waals surface area contributed by atoms with Crippen molar-refractivity contribution in [1.29, 1.82) is 0 Å². The number of carboxylic acid groups (broad SMARTS) is 1. The second-order valence-electron chi connectivity index (χ2n) is 4.39. The van der Waals surface area contributed by atoms with Crippen molar-refractivity contribution < 1.29 is 14.7 Å². The van der Waals surface area contributed by atoms with Gasteiger partial charge in [0.15, 0.2) is 0 Å². The van der Waals surface area contributed by atoms with Crippen molar-refractivity contribution in [2.75, 3.05) is 0 Å². The molecule has 0 atom stereocenters. The molecular formula is C16H19NO3. The highest BCUT2D eigenvalue weighted by molar-refractivity contribution is 6.09. The smallest absolute Gasteiger partial charge is 0.300 e. The summed E-state index contributed by atoms with van der Waals surface area (Å²) in [4.78, 5) is 24.3. The van der Waals surface area contributed by atoms with Crippen molar-refractivity contribution in [2.24, 2.45) is 0 Å². The van der Waals surface area contributed by atoms with E-state index >= 15 is 0 Å². The first-order valence-corrected chi connectivity index (χ1v) is 6.43. The van der Waals surface area contributed by atoms with Gasteiger partial charge >= 0.3 is 0 Å². The number of carboxylic acids is 1. The molecule has 1 heterocycles. The van der Waals surface area contributed by atoms with Crippen molar-refractivity contribution in [2.45, 2.75) is 27.2 Å².